The molecule has 2 aromatic heterocycles. The average molecular weight is 1360 g/mol. The van der Waals surface area contributed by atoms with E-state index in [-0.39, 0.29) is 7.43 Å². The summed E-state index contributed by atoms with van der Waals surface area (Å²) in [5.74, 6) is 0. The topological polar surface area (TPSA) is 41.6 Å². The first kappa shape index (κ1) is 59.1. The average Bonchev–Trinajstić information content (AvgIpc) is 1.57. The number of alkyl halides is 1. The fourth-order valence-electron chi connectivity index (χ4n) is 12.9. The molecule has 0 fully saturated rings. The number of furan rings is 2. The Balaban J connectivity index is 0.000000135. The van der Waals surface area contributed by atoms with Crippen molar-refractivity contribution in [1.29, 1.82) is 0 Å². The third kappa shape index (κ3) is 11.4. The van der Waals surface area contributed by atoms with Crippen molar-refractivity contribution in [1.82, 2.24) is 0 Å². The molecule has 6 heteroatoms. The number of halogens is 2. The predicted molar refractivity (Wildman–Crippen MR) is 409 cm³/mol. The molecule has 0 aliphatic heterocycles. The van der Waals surface area contributed by atoms with Gasteiger partial charge in [0.25, 0.3) is 0 Å². The molecule has 442 valence electrons. The van der Waals surface area contributed by atoms with E-state index in [1.165, 1.54) is 65.3 Å². The molecule has 0 unspecified atom stereocenters. The van der Waals surface area contributed by atoms with E-state index in [0.717, 1.165) is 98.3 Å². The summed E-state index contributed by atoms with van der Waals surface area (Å²) in [7, 11) is 0. The molecule has 18 rings (SSSR count). The molecule has 0 saturated carbocycles. The monoisotopic (exact) mass is 1360 g/mol. The molecule has 0 amide bonds. The molecule has 1 N–H and O–H groups in total. The Labute approximate surface area is 556 Å². The van der Waals surface area contributed by atoms with Crippen LogP contribution in [0.2, 0.25) is 0 Å². The summed E-state index contributed by atoms with van der Waals surface area (Å²) in [6.07, 6.45) is 0. The summed E-state index contributed by atoms with van der Waals surface area (Å²) in [5, 5.41) is 22.8. The first-order chi connectivity index (χ1) is 45.0. The van der Waals surface area contributed by atoms with E-state index in [4.69, 9.17) is 8.83 Å². The Hall–Kier alpha value is -10.5. The second-order valence-electron chi connectivity index (χ2n) is 22.5. The highest BCUT2D eigenvalue weighted by Crippen LogP contribution is 2.43. The van der Waals surface area contributed by atoms with Crippen LogP contribution in [0.5, 0.6) is 0 Å². The number of hydrogen-bond acceptors (Lipinski definition) is 4. The van der Waals surface area contributed by atoms with Crippen molar-refractivity contribution in [3.05, 3.63) is 332 Å². The van der Waals surface area contributed by atoms with Crippen molar-refractivity contribution in [3.63, 3.8) is 0 Å². The highest BCUT2D eigenvalue weighted by molar-refractivity contribution is 14.1. The predicted octanol–water partition coefficient (Wildman–Crippen LogP) is 26.8. The summed E-state index contributed by atoms with van der Waals surface area (Å²) in [6, 6.07) is 116. The van der Waals surface area contributed by atoms with Gasteiger partial charge < -0.3 is 19.1 Å². The fraction of sp³-hybridized carbons (Fsp3) is 0.0233. The molecule has 0 radical (unpaired) electrons. The number of hydrogen-bond donors (Lipinski definition) is 1. The summed E-state index contributed by atoms with van der Waals surface area (Å²) in [5.41, 5.74) is 14.1. The number of benzene rings is 16. The number of anilines is 5. The molecule has 2 heterocycles. The van der Waals surface area contributed by atoms with E-state index in [1.54, 1.807) is 0 Å². The van der Waals surface area contributed by atoms with Crippen molar-refractivity contribution in [3.8, 4) is 22.3 Å². The third-order valence-electron chi connectivity index (χ3n) is 17.2. The molecule has 4 nitrogen and oxygen atoms in total. The molecule has 0 atom stereocenters. The van der Waals surface area contributed by atoms with E-state index in [0.29, 0.717) is 0 Å². The van der Waals surface area contributed by atoms with Crippen LogP contribution in [-0.2, 0) is 0 Å². The van der Waals surface area contributed by atoms with Gasteiger partial charge in [0, 0.05) is 64.9 Å². The molecule has 0 aliphatic carbocycles. The molecule has 0 bridgehead atoms. The lowest BCUT2D eigenvalue weighted by atomic mass is 9.98. The minimum Gasteiger partial charge on any atom is -0.455 e. The summed E-state index contributed by atoms with van der Waals surface area (Å²) >= 11 is 5.65. The number of nitrogens with zero attached hydrogens (tertiary/aromatic N) is 1. The van der Waals surface area contributed by atoms with Crippen molar-refractivity contribution >= 4 is 175 Å². The molecule has 0 saturated heterocycles. The summed E-state index contributed by atoms with van der Waals surface area (Å²) < 4.78 is 13.7. The van der Waals surface area contributed by atoms with E-state index >= 15 is 0 Å². The molecule has 0 spiro atoms. The van der Waals surface area contributed by atoms with Gasteiger partial charge in [0.15, 0.2) is 0 Å². The maximum atomic E-state index is 6.37. The van der Waals surface area contributed by atoms with Gasteiger partial charge in [-0.2, -0.15) is 0 Å². The van der Waals surface area contributed by atoms with Gasteiger partial charge in [-0.1, -0.05) is 276 Å². The third-order valence-corrected chi connectivity index (χ3v) is 17.9. The van der Waals surface area contributed by atoms with E-state index < -0.39 is 0 Å². The molecule has 16 aromatic carbocycles. The lowest BCUT2D eigenvalue weighted by molar-refractivity contribution is 0.672. The maximum absolute atomic E-state index is 6.37. The van der Waals surface area contributed by atoms with Gasteiger partial charge in [0.2, 0.25) is 0 Å². The van der Waals surface area contributed by atoms with Crippen LogP contribution < -0.4 is 10.2 Å². The Morgan fingerprint density at radius 1 is 0.293 bits per heavy atom. The molecular formula is C86H62BrIN2O2. The quantitative estimate of drug-likeness (QED) is 0.128. The zero-order valence-corrected chi connectivity index (χ0v) is 53.4. The number of rotatable bonds is 7. The van der Waals surface area contributed by atoms with Crippen molar-refractivity contribution in [2.24, 2.45) is 0 Å². The SMILES string of the molecule is Brc1cccc2ccccc12.C.CI.c1ccc2c(-c3ccc(N(c4ccc5c(ccc6c7ccccc7oc56)c4)c4cccc5ccccc45)cc3)cccc2c1.c1ccc2c(-c3ccc(Nc4ccc5c(ccc6c7ccccc7oc56)c4)cc3)cccc2c1. The number of nitrogens with one attached hydrogen (secondary N) is 1. The Morgan fingerprint density at radius 2 is 0.685 bits per heavy atom. The van der Waals surface area contributed by atoms with Crippen molar-refractivity contribution in [2.45, 2.75) is 7.43 Å². The molecule has 18 aromatic rings. The van der Waals surface area contributed by atoms with Gasteiger partial charge in [-0.25, -0.2) is 0 Å². The molecular weight excluding hydrogens is 1300 g/mol. The van der Waals surface area contributed by atoms with Crippen LogP contribution in [0.15, 0.2) is 341 Å². The zero-order valence-electron chi connectivity index (χ0n) is 49.7. The van der Waals surface area contributed by atoms with Crippen molar-refractivity contribution < 1.29 is 8.83 Å². The Bertz CT molecular complexity index is 5670. The fourth-order valence-corrected chi connectivity index (χ4v) is 13.4. The van der Waals surface area contributed by atoms with Crippen LogP contribution >= 0.6 is 38.5 Å². The Morgan fingerprint density at radius 3 is 1.24 bits per heavy atom. The first-order valence-corrected chi connectivity index (χ1v) is 33.4. The lowest BCUT2D eigenvalue weighted by Crippen LogP contribution is -2.10. The molecule has 92 heavy (non-hydrogen) atoms. The minimum atomic E-state index is 0. The second kappa shape index (κ2) is 26.1. The Kier molecular flexibility index (Phi) is 16.8. The van der Waals surface area contributed by atoms with E-state index in [2.05, 4.69) is 340 Å². The highest BCUT2D eigenvalue weighted by Gasteiger charge is 2.19. The van der Waals surface area contributed by atoms with Crippen molar-refractivity contribution in [2.75, 3.05) is 15.1 Å². The van der Waals surface area contributed by atoms with Gasteiger partial charge >= 0.3 is 0 Å². The number of fused-ring (bicyclic) bond motifs is 14. The number of para-hydroxylation sites is 2. The normalized spacial score (nSPS) is 11.1. The molecule has 0 aliphatic rings. The van der Waals surface area contributed by atoms with Crippen LogP contribution in [-0.4, -0.2) is 4.93 Å². The zero-order chi connectivity index (χ0) is 61.2. The standard InChI is InChI=1S/C42H27NO.C32H21NO.C10H7Br.CH3I.CH4/c1-3-13-34-28(9-1)11-7-16-35(34)30-19-22-32(23-20-30)43(40-17-8-12-29-10-2-4-14-36(29)40)33-24-26-37-31(27-33)21-25-39-38-15-5-6-18-41(38)44-42(37)39;1-2-8-26-21(6-1)7-5-10-27(26)22-12-15-24(16-13-22)33-25-17-19-28-23(20-25)14-18-30-29-9-3-4-11-31(29)34-32(28)30;11-10-7-3-5-8-4-1-2-6-9(8)10;1-2;/h1-27H;1-20,33H;1-7H;1H3;1H4. The highest BCUT2D eigenvalue weighted by atomic mass is 127. The van der Waals surface area contributed by atoms with E-state index in [1.807, 2.05) is 41.3 Å². The minimum absolute atomic E-state index is 0. The first-order valence-electron chi connectivity index (χ1n) is 30.4. The van der Waals surface area contributed by atoms with Gasteiger partial charge in [-0.3, -0.25) is 0 Å². The lowest BCUT2D eigenvalue weighted by Gasteiger charge is -2.27. The van der Waals surface area contributed by atoms with Gasteiger partial charge in [-0.15, -0.1) is 0 Å². The van der Waals surface area contributed by atoms with Crippen LogP contribution in [0, 0.1) is 0 Å². The van der Waals surface area contributed by atoms with Gasteiger partial charge in [-0.05, 0) is 173 Å². The van der Waals surface area contributed by atoms with E-state index in [9.17, 15) is 0 Å². The summed E-state index contributed by atoms with van der Waals surface area (Å²) in [4.78, 5) is 4.34. The largest absolute Gasteiger partial charge is 0.455 e. The maximum Gasteiger partial charge on any atom is 0.143 e. The smallest absolute Gasteiger partial charge is 0.143 e. The van der Waals surface area contributed by atoms with Crippen LogP contribution in [0.25, 0.3) is 131 Å². The van der Waals surface area contributed by atoms with Crippen LogP contribution in [0.4, 0.5) is 28.4 Å². The second-order valence-corrected chi connectivity index (χ2v) is 23.4. The summed E-state index contributed by atoms with van der Waals surface area (Å²) in [6.45, 7) is 0. The van der Waals surface area contributed by atoms with Gasteiger partial charge in [0.05, 0.1) is 5.69 Å². The van der Waals surface area contributed by atoms with Crippen LogP contribution in [0.1, 0.15) is 7.43 Å². The van der Waals surface area contributed by atoms with Crippen LogP contribution in [0.3, 0.4) is 0 Å². The van der Waals surface area contributed by atoms with Gasteiger partial charge in [0.1, 0.15) is 22.3 Å².